The van der Waals surface area contributed by atoms with Crippen LogP contribution in [0.2, 0.25) is 5.15 Å². The summed E-state index contributed by atoms with van der Waals surface area (Å²) in [6.45, 7) is 3.05. The molecule has 4 nitrogen and oxygen atoms in total. The number of carboxylic acids is 1. The Hall–Kier alpha value is -1.29. The zero-order valence-electron chi connectivity index (χ0n) is 10.4. The van der Waals surface area contributed by atoms with Crippen molar-refractivity contribution in [1.82, 2.24) is 4.98 Å². The number of hydrogen-bond acceptors (Lipinski definition) is 3. The highest BCUT2D eigenvalue weighted by atomic mass is 35.5. The molecule has 1 saturated carbocycles. The van der Waals surface area contributed by atoms with E-state index in [-0.39, 0.29) is 10.7 Å². The lowest BCUT2D eigenvalue weighted by molar-refractivity contribution is 0.0697. The quantitative estimate of drug-likeness (QED) is 0.805. The maximum absolute atomic E-state index is 11.0. The average Bonchev–Trinajstić information content (AvgIpc) is 3.13. The van der Waals surface area contributed by atoms with Gasteiger partial charge in [0.25, 0.3) is 0 Å². The minimum atomic E-state index is -0.966. The third kappa shape index (κ3) is 3.13. The standard InChI is InChI=1S/C13H17ClN2O2/c1-2-3-6-16(10-4-5-10)12-8-9(13(17)18)7-11(14)15-12/h7-8,10H,2-6H2,1H3,(H,17,18). The number of aromatic nitrogens is 1. The number of carbonyl (C=O) groups is 1. The van der Waals surface area contributed by atoms with Gasteiger partial charge in [-0.1, -0.05) is 24.9 Å². The maximum atomic E-state index is 11.0. The molecule has 0 atom stereocenters. The molecule has 1 aliphatic rings. The molecule has 0 radical (unpaired) electrons. The SMILES string of the molecule is CCCCN(c1cc(C(=O)O)cc(Cl)n1)C1CC1. The lowest BCUT2D eigenvalue weighted by atomic mass is 10.2. The van der Waals surface area contributed by atoms with Crippen LogP contribution < -0.4 is 4.90 Å². The van der Waals surface area contributed by atoms with E-state index >= 15 is 0 Å². The topological polar surface area (TPSA) is 53.4 Å². The first-order valence-corrected chi connectivity index (χ1v) is 6.67. The van der Waals surface area contributed by atoms with Gasteiger partial charge in [0.2, 0.25) is 0 Å². The predicted molar refractivity (Wildman–Crippen MR) is 71.5 cm³/mol. The summed E-state index contributed by atoms with van der Waals surface area (Å²) in [5.74, 6) is -0.275. The van der Waals surface area contributed by atoms with Crippen molar-refractivity contribution in [1.29, 1.82) is 0 Å². The maximum Gasteiger partial charge on any atom is 0.335 e. The van der Waals surface area contributed by atoms with Gasteiger partial charge in [-0.15, -0.1) is 0 Å². The first kappa shape index (κ1) is 13.1. The minimum absolute atomic E-state index is 0.201. The normalized spacial score (nSPS) is 14.6. The molecule has 1 heterocycles. The number of rotatable bonds is 6. The summed E-state index contributed by atoms with van der Waals surface area (Å²) in [5.41, 5.74) is 0.201. The van der Waals surface area contributed by atoms with Crippen LogP contribution in [0.15, 0.2) is 12.1 Å². The van der Waals surface area contributed by atoms with Crippen molar-refractivity contribution in [2.45, 2.75) is 38.6 Å². The zero-order chi connectivity index (χ0) is 13.1. The van der Waals surface area contributed by atoms with Crippen LogP contribution in [-0.4, -0.2) is 28.6 Å². The summed E-state index contributed by atoms with van der Waals surface area (Å²) in [4.78, 5) is 17.5. The van der Waals surface area contributed by atoms with Crippen molar-refractivity contribution in [3.8, 4) is 0 Å². The van der Waals surface area contributed by atoms with Crippen molar-refractivity contribution in [3.05, 3.63) is 22.8 Å². The van der Waals surface area contributed by atoms with Gasteiger partial charge in [-0.05, 0) is 31.4 Å². The molecule has 0 spiro atoms. The van der Waals surface area contributed by atoms with Crippen molar-refractivity contribution < 1.29 is 9.90 Å². The molecule has 1 N–H and O–H groups in total. The van der Waals surface area contributed by atoms with E-state index in [4.69, 9.17) is 16.7 Å². The number of unbranched alkanes of at least 4 members (excludes halogenated alkanes) is 1. The molecule has 2 rings (SSSR count). The number of nitrogens with zero attached hydrogens (tertiary/aromatic N) is 2. The molecule has 0 saturated heterocycles. The van der Waals surface area contributed by atoms with E-state index in [0.29, 0.717) is 11.9 Å². The average molecular weight is 269 g/mol. The highest BCUT2D eigenvalue weighted by molar-refractivity contribution is 6.29. The summed E-state index contributed by atoms with van der Waals surface area (Å²) in [6.07, 6.45) is 4.49. The van der Waals surface area contributed by atoms with Crippen molar-refractivity contribution in [3.63, 3.8) is 0 Å². The fourth-order valence-corrected chi connectivity index (χ4v) is 2.16. The van der Waals surface area contributed by atoms with E-state index in [1.807, 2.05) is 0 Å². The number of hydrogen-bond donors (Lipinski definition) is 1. The fraction of sp³-hybridized carbons (Fsp3) is 0.538. The van der Waals surface area contributed by atoms with E-state index in [1.54, 1.807) is 6.07 Å². The summed E-state index contributed by atoms with van der Waals surface area (Å²) in [6, 6.07) is 3.50. The first-order chi connectivity index (χ1) is 8.61. The third-order valence-electron chi connectivity index (χ3n) is 3.06. The monoisotopic (exact) mass is 268 g/mol. The summed E-state index contributed by atoms with van der Waals surface area (Å²) >= 11 is 5.90. The number of carboxylic acid groups (broad SMARTS) is 1. The highest BCUT2D eigenvalue weighted by Crippen LogP contribution is 2.32. The lowest BCUT2D eigenvalue weighted by Gasteiger charge is -2.23. The Morgan fingerprint density at radius 3 is 2.83 bits per heavy atom. The Labute approximate surface area is 112 Å². The van der Waals surface area contributed by atoms with Crippen LogP contribution in [0, 0.1) is 0 Å². The molecule has 0 aliphatic heterocycles. The Kier molecular flexibility index (Phi) is 4.07. The van der Waals surface area contributed by atoms with Crippen molar-refractivity contribution in [2.75, 3.05) is 11.4 Å². The molecular formula is C13H17ClN2O2. The second-order valence-electron chi connectivity index (χ2n) is 4.62. The smallest absolute Gasteiger partial charge is 0.335 e. The lowest BCUT2D eigenvalue weighted by Crippen LogP contribution is -2.28. The van der Waals surface area contributed by atoms with Gasteiger partial charge in [-0.2, -0.15) is 0 Å². The largest absolute Gasteiger partial charge is 0.478 e. The number of halogens is 1. The minimum Gasteiger partial charge on any atom is -0.478 e. The Bertz CT molecular complexity index is 447. The molecule has 1 aromatic heterocycles. The van der Waals surface area contributed by atoms with Crippen LogP contribution in [0.25, 0.3) is 0 Å². The van der Waals surface area contributed by atoms with Gasteiger partial charge in [0.1, 0.15) is 11.0 Å². The van der Waals surface area contributed by atoms with Crippen LogP contribution in [0.1, 0.15) is 43.0 Å². The highest BCUT2D eigenvalue weighted by Gasteiger charge is 2.30. The molecule has 98 valence electrons. The van der Waals surface area contributed by atoms with Crippen LogP contribution in [0.3, 0.4) is 0 Å². The molecule has 1 aliphatic carbocycles. The predicted octanol–water partition coefficient (Wildman–Crippen LogP) is 3.20. The second-order valence-corrected chi connectivity index (χ2v) is 5.01. The Morgan fingerprint density at radius 2 is 2.28 bits per heavy atom. The van der Waals surface area contributed by atoms with Gasteiger partial charge in [-0.25, -0.2) is 9.78 Å². The van der Waals surface area contributed by atoms with Crippen molar-refractivity contribution >= 4 is 23.4 Å². The molecule has 1 fully saturated rings. The summed E-state index contributed by atoms with van der Waals surface area (Å²) in [7, 11) is 0. The van der Waals surface area contributed by atoms with E-state index in [2.05, 4.69) is 16.8 Å². The van der Waals surface area contributed by atoms with Gasteiger partial charge < -0.3 is 10.0 Å². The Balaban J connectivity index is 2.25. The van der Waals surface area contributed by atoms with Gasteiger partial charge >= 0.3 is 5.97 Å². The third-order valence-corrected chi connectivity index (χ3v) is 3.26. The van der Waals surface area contributed by atoms with Gasteiger partial charge in [0.05, 0.1) is 5.56 Å². The summed E-state index contributed by atoms with van der Waals surface area (Å²) in [5, 5.41) is 9.28. The fourth-order valence-electron chi connectivity index (χ4n) is 1.95. The van der Waals surface area contributed by atoms with Crippen LogP contribution in [0.5, 0.6) is 0 Å². The number of pyridine rings is 1. The first-order valence-electron chi connectivity index (χ1n) is 6.29. The van der Waals surface area contributed by atoms with E-state index < -0.39 is 5.97 Å². The van der Waals surface area contributed by atoms with Gasteiger partial charge in [-0.3, -0.25) is 0 Å². The van der Waals surface area contributed by atoms with E-state index in [1.165, 1.54) is 6.07 Å². The molecule has 0 amide bonds. The van der Waals surface area contributed by atoms with Crippen LogP contribution in [-0.2, 0) is 0 Å². The molecule has 18 heavy (non-hydrogen) atoms. The molecule has 0 aromatic carbocycles. The summed E-state index contributed by atoms with van der Waals surface area (Å²) < 4.78 is 0. The molecule has 1 aromatic rings. The molecular weight excluding hydrogens is 252 g/mol. The van der Waals surface area contributed by atoms with E-state index in [9.17, 15) is 4.79 Å². The van der Waals surface area contributed by atoms with Gasteiger partial charge in [0, 0.05) is 12.6 Å². The number of anilines is 1. The van der Waals surface area contributed by atoms with Crippen molar-refractivity contribution in [2.24, 2.45) is 0 Å². The Morgan fingerprint density at radius 1 is 1.56 bits per heavy atom. The van der Waals surface area contributed by atoms with Crippen LogP contribution >= 0.6 is 11.6 Å². The molecule has 5 heteroatoms. The number of aromatic carboxylic acids is 1. The van der Waals surface area contributed by atoms with Crippen LogP contribution in [0.4, 0.5) is 5.82 Å². The molecule has 0 bridgehead atoms. The zero-order valence-corrected chi connectivity index (χ0v) is 11.2. The second kappa shape index (κ2) is 5.57. The van der Waals surface area contributed by atoms with E-state index in [0.717, 1.165) is 32.2 Å². The molecule has 0 unspecified atom stereocenters. The van der Waals surface area contributed by atoms with Gasteiger partial charge in [0.15, 0.2) is 0 Å².